The van der Waals surface area contributed by atoms with Crippen LogP contribution in [-0.4, -0.2) is 28.8 Å². The van der Waals surface area contributed by atoms with E-state index in [2.05, 4.69) is 15.7 Å². The van der Waals surface area contributed by atoms with Gasteiger partial charge in [-0.2, -0.15) is 18.3 Å². The zero-order valence-electron chi connectivity index (χ0n) is 17.7. The lowest BCUT2D eigenvalue weighted by atomic mass is 10.1. The molecule has 2 N–H and O–H groups in total. The molecule has 176 valence electrons. The topological polar surface area (TPSA) is 68.2 Å². The van der Waals surface area contributed by atoms with Crippen LogP contribution in [0.3, 0.4) is 0 Å². The molecule has 0 unspecified atom stereocenters. The Morgan fingerprint density at radius 3 is 2.70 bits per heavy atom. The van der Waals surface area contributed by atoms with Crippen LogP contribution in [0.2, 0.25) is 0 Å². The predicted molar refractivity (Wildman–Crippen MR) is 119 cm³/mol. The molecule has 10 heteroatoms. The van der Waals surface area contributed by atoms with Crippen molar-refractivity contribution in [3.8, 4) is 5.75 Å². The minimum Gasteiger partial charge on any atom is -0.492 e. The molecule has 4 rings (SSSR count). The summed E-state index contributed by atoms with van der Waals surface area (Å²) < 4.78 is 46.3. The van der Waals surface area contributed by atoms with Crippen LogP contribution in [0.1, 0.15) is 32.9 Å². The van der Waals surface area contributed by atoms with E-state index in [0.717, 1.165) is 42.1 Å². The molecule has 33 heavy (non-hydrogen) atoms. The van der Waals surface area contributed by atoms with Crippen molar-refractivity contribution < 1.29 is 22.7 Å². The van der Waals surface area contributed by atoms with Gasteiger partial charge in [0, 0.05) is 37.3 Å². The van der Waals surface area contributed by atoms with Crippen molar-refractivity contribution in [3.63, 3.8) is 0 Å². The van der Waals surface area contributed by atoms with Crippen molar-refractivity contribution in [1.82, 2.24) is 20.4 Å². The molecule has 2 heterocycles. The Morgan fingerprint density at radius 1 is 1.15 bits per heavy atom. The molecular weight excluding hydrogens is 457 g/mol. The standard InChI is InChI=1S/C23H23F3N4O2.ClH/c24-23(25,26)17-6-4-5-16(13-17)14-28-22(31)21-19-15-27-10-9-20(19)30(29-21)11-12-32-18-7-2-1-3-8-18;/h1-8,13,27H,9-12,14-15H2,(H,28,31);1H. The molecule has 3 aromatic rings. The van der Waals surface area contributed by atoms with E-state index in [9.17, 15) is 18.0 Å². The second kappa shape index (κ2) is 10.7. The van der Waals surface area contributed by atoms with E-state index in [-0.39, 0.29) is 19.0 Å². The van der Waals surface area contributed by atoms with Crippen molar-refractivity contribution in [2.45, 2.75) is 32.2 Å². The highest BCUT2D eigenvalue weighted by molar-refractivity contribution is 5.94. The minimum atomic E-state index is -4.43. The first-order chi connectivity index (χ1) is 15.4. The molecule has 0 bridgehead atoms. The summed E-state index contributed by atoms with van der Waals surface area (Å²) in [4.78, 5) is 12.8. The molecule has 0 radical (unpaired) electrons. The molecule has 0 saturated carbocycles. The average molecular weight is 481 g/mol. The summed E-state index contributed by atoms with van der Waals surface area (Å²) in [5, 5.41) is 10.4. The van der Waals surface area contributed by atoms with Crippen LogP contribution >= 0.6 is 12.4 Å². The summed E-state index contributed by atoms with van der Waals surface area (Å²) in [7, 11) is 0. The highest BCUT2D eigenvalue weighted by Crippen LogP contribution is 2.29. The Morgan fingerprint density at radius 2 is 1.94 bits per heavy atom. The number of hydrogen-bond acceptors (Lipinski definition) is 4. The van der Waals surface area contributed by atoms with E-state index >= 15 is 0 Å². The second-order valence-corrected chi connectivity index (χ2v) is 7.47. The van der Waals surface area contributed by atoms with Gasteiger partial charge in [0.15, 0.2) is 5.69 Å². The van der Waals surface area contributed by atoms with Gasteiger partial charge in [0.1, 0.15) is 12.4 Å². The number of nitrogens with zero attached hydrogens (tertiary/aromatic N) is 2. The summed E-state index contributed by atoms with van der Waals surface area (Å²) in [6.45, 7) is 2.16. The number of fused-ring (bicyclic) bond motifs is 1. The number of aromatic nitrogens is 2. The number of carbonyl (C=O) groups excluding carboxylic acids is 1. The number of hydrogen-bond donors (Lipinski definition) is 2. The van der Waals surface area contributed by atoms with Crippen LogP contribution in [0, 0.1) is 0 Å². The number of halogens is 4. The third kappa shape index (κ3) is 6.06. The van der Waals surface area contributed by atoms with E-state index in [0.29, 0.717) is 31.0 Å². The van der Waals surface area contributed by atoms with Gasteiger partial charge in [0.05, 0.1) is 12.1 Å². The molecule has 1 aliphatic heterocycles. The lowest BCUT2D eigenvalue weighted by Crippen LogP contribution is -2.28. The SMILES string of the molecule is Cl.O=C(NCc1cccc(C(F)(F)F)c1)c1nn(CCOc2ccccc2)c2c1CNCC2. The second-order valence-electron chi connectivity index (χ2n) is 7.47. The van der Waals surface area contributed by atoms with E-state index in [1.54, 1.807) is 10.7 Å². The van der Waals surface area contributed by atoms with E-state index in [4.69, 9.17) is 4.74 Å². The number of carbonyl (C=O) groups is 1. The Labute approximate surface area is 195 Å². The summed E-state index contributed by atoms with van der Waals surface area (Å²) >= 11 is 0. The third-order valence-corrected chi connectivity index (χ3v) is 5.24. The minimum absolute atomic E-state index is 0. The van der Waals surface area contributed by atoms with Gasteiger partial charge < -0.3 is 15.4 Å². The molecule has 0 atom stereocenters. The molecule has 2 aromatic carbocycles. The summed E-state index contributed by atoms with van der Waals surface area (Å²) in [5.74, 6) is 0.347. The lowest BCUT2D eigenvalue weighted by Gasteiger charge is -2.16. The van der Waals surface area contributed by atoms with Crippen molar-refractivity contribution in [1.29, 1.82) is 0 Å². The number of rotatable bonds is 7. The first-order valence-corrected chi connectivity index (χ1v) is 10.3. The molecule has 1 aromatic heterocycles. The fourth-order valence-corrected chi connectivity index (χ4v) is 3.68. The maximum absolute atomic E-state index is 12.9. The number of para-hydroxylation sites is 1. The monoisotopic (exact) mass is 480 g/mol. The van der Waals surface area contributed by atoms with Crippen LogP contribution in [-0.2, 0) is 32.2 Å². The summed E-state index contributed by atoms with van der Waals surface area (Å²) in [6.07, 6.45) is -3.69. The average Bonchev–Trinajstić information content (AvgIpc) is 3.17. The van der Waals surface area contributed by atoms with Gasteiger partial charge in [-0.1, -0.05) is 30.3 Å². The molecule has 6 nitrogen and oxygen atoms in total. The molecular formula is C23H24ClF3N4O2. The zero-order chi connectivity index (χ0) is 22.6. The first-order valence-electron chi connectivity index (χ1n) is 10.3. The van der Waals surface area contributed by atoms with Crippen LogP contribution in [0.25, 0.3) is 0 Å². The third-order valence-electron chi connectivity index (χ3n) is 5.24. The van der Waals surface area contributed by atoms with E-state index < -0.39 is 17.6 Å². The van der Waals surface area contributed by atoms with Gasteiger partial charge >= 0.3 is 6.18 Å². The first kappa shape index (κ1) is 24.6. The van der Waals surface area contributed by atoms with Crippen molar-refractivity contribution in [2.24, 2.45) is 0 Å². The summed E-state index contributed by atoms with van der Waals surface area (Å²) in [5.41, 5.74) is 1.71. The Kier molecular flexibility index (Phi) is 7.99. The number of benzene rings is 2. The van der Waals surface area contributed by atoms with E-state index in [1.165, 1.54) is 6.07 Å². The lowest BCUT2D eigenvalue weighted by molar-refractivity contribution is -0.137. The van der Waals surface area contributed by atoms with Crippen LogP contribution < -0.4 is 15.4 Å². The van der Waals surface area contributed by atoms with Crippen molar-refractivity contribution in [2.75, 3.05) is 13.2 Å². The van der Waals surface area contributed by atoms with E-state index in [1.807, 2.05) is 30.3 Å². The maximum atomic E-state index is 12.9. The fourth-order valence-electron chi connectivity index (χ4n) is 3.68. The van der Waals surface area contributed by atoms with Gasteiger partial charge in [-0.25, -0.2) is 0 Å². The van der Waals surface area contributed by atoms with Gasteiger partial charge in [-0.05, 0) is 29.8 Å². The van der Waals surface area contributed by atoms with Crippen LogP contribution in [0.5, 0.6) is 5.75 Å². The molecule has 0 saturated heterocycles. The quantitative estimate of drug-likeness (QED) is 0.537. The van der Waals surface area contributed by atoms with Crippen molar-refractivity contribution in [3.05, 3.63) is 82.7 Å². The normalized spacial score (nSPS) is 13.1. The Hall–Kier alpha value is -3.04. The highest BCUT2D eigenvalue weighted by Gasteiger charge is 2.30. The van der Waals surface area contributed by atoms with Gasteiger partial charge in [0.2, 0.25) is 0 Å². The van der Waals surface area contributed by atoms with Gasteiger partial charge in [0.25, 0.3) is 5.91 Å². The van der Waals surface area contributed by atoms with Gasteiger partial charge in [-0.3, -0.25) is 9.48 Å². The number of ether oxygens (including phenoxy) is 1. The Bertz CT molecular complexity index is 1090. The zero-order valence-corrected chi connectivity index (χ0v) is 18.5. The Balaban J connectivity index is 0.00000306. The molecule has 1 aliphatic rings. The highest BCUT2D eigenvalue weighted by atomic mass is 35.5. The smallest absolute Gasteiger partial charge is 0.416 e. The van der Waals surface area contributed by atoms with Crippen LogP contribution in [0.4, 0.5) is 13.2 Å². The molecule has 0 spiro atoms. The molecule has 0 fully saturated rings. The van der Waals surface area contributed by atoms with Crippen LogP contribution in [0.15, 0.2) is 54.6 Å². The number of nitrogens with one attached hydrogen (secondary N) is 2. The molecule has 1 amide bonds. The van der Waals surface area contributed by atoms with Crippen molar-refractivity contribution >= 4 is 18.3 Å². The van der Waals surface area contributed by atoms with Gasteiger partial charge in [-0.15, -0.1) is 12.4 Å². The fraction of sp³-hybridized carbons (Fsp3) is 0.304. The predicted octanol–water partition coefficient (Wildman–Crippen LogP) is 3.98. The largest absolute Gasteiger partial charge is 0.492 e. The summed E-state index contributed by atoms with van der Waals surface area (Å²) in [6, 6.07) is 14.4. The number of amides is 1. The molecule has 0 aliphatic carbocycles. The number of alkyl halides is 3. The maximum Gasteiger partial charge on any atom is 0.416 e.